The molecule has 0 radical (unpaired) electrons. The number of nitrogens with two attached hydrogens (primary N) is 1. The van der Waals surface area contributed by atoms with Crippen LogP contribution >= 0.6 is 0 Å². The zero-order valence-electron chi connectivity index (χ0n) is 8.15. The predicted octanol–water partition coefficient (Wildman–Crippen LogP) is 0.261. The van der Waals surface area contributed by atoms with Crippen LogP contribution in [0.1, 0.15) is 31.7 Å². The van der Waals surface area contributed by atoms with Crippen molar-refractivity contribution in [1.29, 1.82) is 0 Å². The number of aromatic amines is 1. The lowest BCUT2D eigenvalue weighted by atomic mass is 9.84. The molecule has 78 valence electrons. The van der Waals surface area contributed by atoms with Gasteiger partial charge in [0.1, 0.15) is 6.33 Å². The van der Waals surface area contributed by atoms with Gasteiger partial charge >= 0.3 is 5.69 Å². The molecule has 0 aromatic carbocycles. The minimum atomic E-state index is -0.115. The van der Waals surface area contributed by atoms with Gasteiger partial charge in [-0.1, -0.05) is 12.8 Å². The van der Waals surface area contributed by atoms with Crippen molar-refractivity contribution in [2.45, 2.75) is 31.7 Å². The second-order valence-corrected chi connectivity index (χ2v) is 3.92. The average Bonchev–Trinajstić information content (AvgIpc) is 2.64. The molecule has 5 nitrogen and oxygen atoms in total. The highest BCUT2D eigenvalue weighted by Gasteiger charge is 2.26. The second-order valence-electron chi connectivity index (χ2n) is 3.92. The Morgan fingerprint density at radius 2 is 2.36 bits per heavy atom. The third-order valence-electron chi connectivity index (χ3n) is 3.11. The minimum absolute atomic E-state index is 0.115. The van der Waals surface area contributed by atoms with E-state index in [4.69, 9.17) is 5.73 Å². The summed E-state index contributed by atoms with van der Waals surface area (Å²) in [4.78, 5) is 11.4. The van der Waals surface area contributed by atoms with Crippen LogP contribution < -0.4 is 11.4 Å². The fourth-order valence-corrected chi connectivity index (χ4v) is 2.32. The Kier molecular flexibility index (Phi) is 2.67. The van der Waals surface area contributed by atoms with E-state index in [0.717, 1.165) is 12.8 Å². The third-order valence-corrected chi connectivity index (χ3v) is 3.11. The molecule has 1 aromatic heterocycles. The molecule has 0 amide bonds. The van der Waals surface area contributed by atoms with Crippen LogP contribution in [-0.4, -0.2) is 21.3 Å². The van der Waals surface area contributed by atoms with E-state index in [1.165, 1.54) is 12.8 Å². The fourth-order valence-electron chi connectivity index (χ4n) is 2.32. The highest BCUT2D eigenvalue weighted by molar-refractivity contribution is 4.83. The van der Waals surface area contributed by atoms with Crippen molar-refractivity contribution in [2.24, 2.45) is 11.7 Å². The Hall–Kier alpha value is -1.10. The van der Waals surface area contributed by atoms with Crippen LogP contribution in [0.15, 0.2) is 11.1 Å². The summed E-state index contributed by atoms with van der Waals surface area (Å²) in [5.41, 5.74) is 5.59. The first-order chi connectivity index (χ1) is 6.83. The van der Waals surface area contributed by atoms with Crippen molar-refractivity contribution in [3.05, 3.63) is 16.8 Å². The highest BCUT2D eigenvalue weighted by atomic mass is 16.1. The summed E-state index contributed by atoms with van der Waals surface area (Å²) >= 11 is 0. The molecule has 2 rings (SSSR count). The number of aromatic nitrogens is 3. The van der Waals surface area contributed by atoms with Crippen LogP contribution in [0.3, 0.4) is 0 Å². The van der Waals surface area contributed by atoms with E-state index in [9.17, 15) is 4.79 Å². The van der Waals surface area contributed by atoms with Gasteiger partial charge in [0.25, 0.3) is 0 Å². The lowest BCUT2D eigenvalue weighted by molar-refractivity contribution is 0.240. The van der Waals surface area contributed by atoms with Gasteiger partial charge in [-0.3, -0.25) is 4.57 Å². The SMILES string of the molecule is NCC1CCCCC1n1cn[nH]c1=O. The van der Waals surface area contributed by atoms with Crippen LogP contribution in [0.2, 0.25) is 0 Å². The molecule has 5 heteroatoms. The van der Waals surface area contributed by atoms with E-state index in [2.05, 4.69) is 10.2 Å². The summed E-state index contributed by atoms with van der Waals surface area (Å²) in [7, 11) is 0. The van der Waals surface area contributed by atoms with Crippen LogP contribution in [0.4, 0.5) is 0 Å². The van der Waals surface area contributed by atoms with Gasteiger partial charge in [-0.2, -0.15) is 5.10 Å². The standard InChI is InChI=1S/C9H16N4O/c10-5-7-3-1-2-4-8(7)13-6-11-12-9(13)14/h6-8H,1-5,10H2,(H,12,14). The first kappa shape index (κ1) is 9.45. The van der Waals surface area contributed by atoms with Gasteiger partial charge in [-0.25, -0.2) is 9.89 Å². The Labute approximate surface area is 82.3 Å². The number of H-pyrrole nitrogens is 1. The summed E-state index contributed by atoms with van der Waals surface area (Å²) < 4.78 is 1.69. The summed E-state index contributed by atoms with van der Waals surface area (Å²) in [6.45, 7) is 0.655. The first-order valence-corrected chi connectivity index (χ1v) is 5.14. The maximum atomic E-state index is 11.4. The highest BCUT2D eigenvalue weighted by Crippen LogP contribution is 2.31. The molecule has 1 saturated carbocycles. The summed E-state index contributed by atoms with van der Waals surface area (Å²) in [6.07, 6.45) is 6.16. The van der Waals surface area contributed by atoms with E-state index in [0.29, 0.717) is 12.5 Å². The number of hydrogen-bond donors (Lipinski definition) is 2. The molecule has 1 heterocycles. The summed E-state index contributed by atoms with van der Waals surface area (Å²) in [5.74, 6) is 0.430. The van der Waals surface area contributed by atoms with Crippen molar-refractivity contribution in [1.82, 2.24) is 14.8 Å². The van der Waals surface area contributed by atoms with Gasteiger partial charge in [0.05, 0.1) is 0 Å². The Bertz CT molecular complexity index is 343. The Balaban J connectivity index is 2.23. The zero-order valence-corrected chi connectivity index (χ0v) is 8.15. The van der Waals surface area contributed by atoms with Gasteiger partial charge in [-0.05, 0) is 25.3 Å². The smallest absolute Gasteiger partial charge is 0.330 e. The molecule has 2 atom stereocenters. The molecular weight excluding hydrogens is 180 g/mol. The molecule has 1 fully saturated rings. The normalized spacial score (nSPS) is 27.8. The molecule has 1 aromatic rings. The van der Waals surface area contributed by atoms with Crippen molar-refractivity contribution in [3.8, 4) is 0 Å². The van der Waals surface area contributed by atoms with Gasteiger partial charge < -0.3 is 5.73 Å². The molecule has 2 unspecified atom stereocenters. The van der Waals surface area contributed by atoms with Gasteiger partial charge in [0.15, 0.2) is 0 Å². The van der Waals surface area contributed by atoms with E-state index < -0.39 is 0 Å². The molecular formula is C9H16N4O. The average molecular weight is 196 g/mol. The third kappa shape index (κ3) is 1.59. The van der Waals surface area contributed by atoms with Crippen LogP contribution in [0.25, 0.3) is 0 Å². The predicted molar refractivity (Wildman–Crippen MR) is 52.9 cm³/mol. The lowest BCUT2D eigenvalue weighted by Gasteiger charge is -2.30. The topological polar surface area (TPSA) is 76.7 Å². The maximum Gasteiger partial charge on any atom is 0.343 e. The number of nitrogens with zero attached hydrogens (tertiary/aromatic N) is 2. The molecule has 1 aliphatic rings. The van der Waals surface area contributed by atoms with Gasteiger partial charge in [0.2, 0.25) is 0 Å². The number of hydrogen-bond acceptors (Lipinski definition) is 3. The summed E-state index contributed by atoms with van der Waals surface area (Å²) in [5, 5.41) is 6.18. The van der Waals surface area contributed by atoms with Crippen molar-refractivity contribution < 1.29 is 0 Å². The largest absolute Gasteiger partial charge is 0.343 e. The van der Waals surface area contributed by atoms with Crippen LogP contribution in [0, 0.1) is 5.92 Å². The van der Waals surface area contributed by atoms with Gasteiger partial charge in [-0.15, -0.1) is 0 Å². The quantitative estimate of drug-likeness (QED) is 0.712. The van der Waals surface area contributed by atoms with E-state index in [1.54, 1.807) is 10.9 Å². The van der Waals surface area contributed by atoms with Crippen molar-refractivity contribution in [2.75, 3.05) is 6.54 Å². The van der Waals surface area contributed by atoms with Crippen LogP contribution in [0.5, 0.6) is 0 Å². The molecule has 0 spiro atoms. The van der Waals surface area contributed by atoms with Crippen LogP contribution in [-0.2, 0) is 0 Å². The maximum absolute atomic E-state index is 11.4. The van der Waals surface area contributed by atoms with E-state index >= 15 is 0 Å². The minimum Gasteiger partial charge on any atom is -0.330 e. The first-order valence-electron chi connectivity index (χ1n) is 5.14. The van der Waals surface area contributed by atoms with E-state index in [-0.39, 0.29) is 11.7 Å². The number of rotatable bonds is 2. The molecule has 0 aliphatic heterocycles. The fraction of sp³-hybridized carbons (Fsp3) is 0.778. The molecule has 3 N–H and O–H groups in total. The van der Waals surface area contributed by atoms with Crippen molar-refractivity contribution >= 4 is 0 Å². The Morgan fingerprint density at radius 1 is 1.57 bits per heavy atom. The second kappa shape index (κ2) is 3.96. The molecule has 14 heavy (non-hydrogen) atoms. The molecule has 0 saturated heterocycles. The van der Waals surface area contributed by atoms with Crippen molar-refractivity contribution in [3.63, 3.8) is 0 Å². The Morgan fingerprint density at radius 3 is 3.00 bits per heavy atom. The van der Waals surface area contributed by atoms with Gasteiger partial charge in [0, 0.05) is 6.04 Å². The summed E-state index contributed by atoms with van der Waals surface area (Å²) in [6, 6.07) is 0.250. The monoisotopic (exact) mass is 196 g/mol. The lowest BCUT2D eigenvalue weighted by Crippen LogP contribution is -2.33. The molecule has 1 aliphatic carbocycles. The number of nitrogens with one attached hydrogen (secondary N) is 1. The van der Waals surface area contributed by atoms with E-state index in [1.807, 2.05) is 0 Å². The zero-order chi connectivity index (χ0) is 9.97. The molecule has 0 bridgehead atoms.